The Balaban J connectivity index is 4.49. The molecule has 0 aliphatic carbocycles. The van der Waals surface area contributed by atoms with Gasteiger partial charge in [0, 0.05) is 13.6 Å². The second-order valence-corrected chi connectivity index (χ2v) is 3.25. The number of amides is 1. The number of hydrogen-bond acceptors (Lipinski definition) is 3. The number of likely N-dealkylation sites (N-methyl/N-ethyl adjacent to an activating group) is 1. The van der Waals surface area contributed by atoms with Gasteiger partial charge >= 0.3 is 0 Å². The molecule has 0 aromatic heterocycles. The lowest BCUT2D eigenvalue weighted by molar-refractivity contribution is -0.137. The van der Waals surface area contributed by atoms with Crippen molar-refractivity contribution in [1.29, 1.82) is 5.26 Å². The Morgan fingerprint density at radius 3 is 2.54 bits per heavy atom. The van der Waals surface area contributed by atoms with E-state index < -0.39 is 5.41 Å². The molecule has 0 spiro atoms. The largest absolute Gasteiger partial charge is 0.395 e. The van der Waals surface area contributed by atoms with Crippen molar-refractivity contribution in [2.75, 3.05) is 20.2 Å². The van der Waals surface area contributed by atoms with E-state index in [2.05, 4.69) is 0 Å². The zero-order valence-electron chi connectivity index (χ0n) is 8.37. The Kier molecular flexibility index (Phi) is 4.43. The molecule has 0 heterocycles. The summed E-state index contributed by atoms with van der Waals surface area (Å²) in [7, 11) is 1.59. The van der Waals surface area contributed by atoms with E-state index in [1.54, 1.807) is 20.9 Å². The Morgan fingerprint density at radius 1 is 1.69 bits per heavy atom. The van der Waals surface area contributed by atoms with Gasteiger partial charge in [-0.2, -0.15) is 5.26 Å². The van der Waals surface area contributed by atoms with Crippen molar-refractivity contribution in [3.8, 4) is 6.07 Å². The summed E-state index contributed by atoms with van der Waals surface area (Å²) in [5.41, 5.74) is -0.954. The van der Waals surface area contributed by atoms with Gasteiger partial charge in [0.25, 0.3) is 0 Å². The van der Waals surface area contributed by atoms with E-state index in [1.165, 1.54) is 4.90 Å². The van der Waals surface area contributed by atoms with Crippen LogP contribution in [-0.2, 0) is 4.79 Å². The molecule has 0 fully saturated rings. The molecular formula is C9H16N2O2. The third-order valence-corrected chi connectivity index (χ3v) is 2.21. The van der Waals surface area contributed by atoms with Gasteiger partial charge in [-0.15, -0.1) is 0 Å². The average Bonchev–Trinajstić information content (AvgIpc) is 2.16. The normalized spacial score (nSPS) is 14.4. The van der Waals surface area contributed by atoms with Gasteiger partial charge in [0.1, 0.15) is 5.41 Å². The number of carbonyl (C=O) groups excluding carboxylic acids is 1. The maximum atomic E-state index is 11.6. The molecule has 1 amide bonds. The molecule has 1 unspecified atom stereocenters. The second-order valence-electron chi connectivity index (χ2n) is 3.25. The summed E-state index contributed by atoms with van der Waals surface area (Å²) in [6.07, 6.45) is 0.484. The SMILES string of the molecule is CCC(C)(C#N)C(=O)N(C)CCO. The summed E-state index contributed by atoms with van der Waals surface area (Å²) < 4.78 is 0. The molecule has 0 aliphatic rings. The van der Waals surface area contributed by atoms with E-state index >= 15 is 0 Å². The smallest absolute Gasteiger partial charge is 0.242 e. The molecular weight excluding hydrogens is 168 g/mol. The molecule has 0 aromatic carbocycles. The van der Waals surface area contributed by atoms with Crippen molar-refractivity contribution >= 4 is 5.91 Å². The van der Waals surface area contributed by atoms with Gasteiger partial charge in [0.2, 0.25) is 5.91 Å². The molecule has 74 valence electrons. The lowest BCUT2D eigenvalue weighted by Crippen LogP contribution is -2.40. The van der Waals surface area contributed by atoms with Crippen LogP contribution in [0.25, 0.3) is 0 Å². The van der Waals surface area contributed by atoms with Crippen molar-refractivity contribution in [2.24, 2.45) is 5.41 Å². The highest BCUT2D eigenvalue weighted by atomic mass is 16.3. The molecule has 4 heteroatoms. The predicted molar refractivity (Wildman–Crippen MR) is 48.7 cm³/mol. The summed E-state index contributed by atoms with van der Waals surface area (Å²) >= 11 is 0. The van der Waals surface area contributed by atoms with Gasteiger partial charge in [-0.3, -0.25) is 4.79 Å². The lowest BCUT2D eigenvalue weighted by atomic mass is 9.88. The topological polar surface area (TPSA) is 64.3 Å². The summed E-state index contributed by atoms with van der Waals surface area (Å²) in [6.45, 7) is 3.61. The first-order chi connectivity index (χ1) is 6.01. The van der Waals surface area contributed by atoms with Crippen LogP contribution < -0.4 is 0 Å². The maximum absolute atomic E-state index is 11.6. The van der Waals surface area contributed by atoms with Crippen molar-refractivity contribution in [2.45, 2.75) is 20.3 Å². The Morgan fingerprint density at radius 2 is 2.23 bits per heavy atom. The van der Waals surface area contributed by atoms with Gasteiger partial charge in [0.05, 0.1) is 12.7 Å². The molecule has 0 bridgehead atoms. The highest BCUT2D eigenvalue weighted by Gasteiger charge is 2.33. The number of aliphatic hydroxyl groups excluding tert-OH is 1. The highest BCUT2D eigenvalue weighted by Crippen LogP contribution is 2.21. The number of nitrogens with zero attached hydrogens (tertiary/aromatic N) is 2. The Hall–Kier alpha value is -1.08. The third-order valence-electron chi connectivity index (χ3n) is 2.21. The number of aliphatic hydroxyl groups is 1. The van der Waals surface area contributed by atoms with Gasteiger partial charge in [-0.05, 0) is 13.3 Å². The fourth-order valence-corrected chi connectivity index (χ4v) is 0.951. The monoisotopic (exact) mass is 184 g/mol. The standard InChI is InChI=1S/C9H16N2O2/c1-4-9(2,7-10)8(13)11(3)5-6-12/h12H,4-6H2,1-3H3. The van der Waals surface area contributed by atoms with Gasteiger partial charge < -0.3 is 10.0 Å². The summed E-state index contributed by atoms with van der Waals surface area (Å²) in [6, 6.07) is 1.99. The molecule has 13 heavy (non-hydrogen) atoms. The van der Waals surface area contributed by atoms with Crippen LogP contribution >= 0.6 is 0 Å². The zero-order chi connectivity index (χ0) is 10.5. The predicted octanol–water partition coefficient (Wildman–Crippen LogP) is 0.377. The minimum absolute atomic E-state index is 0.0759. The lowest BCUT2D eigenvalue weighted by Gasteiger charge is -2.25. The molecule has 0 radical (unpaired) electrons. The number of hydrogen-bond donors (Lipinski definition) is 1. The molecule has 1 N–H and O–H groups in total. The minimum atomic E-state index is -0.954. The Bertz CT molecular complexity index is 222. The van der Waals surface area contributed by atoms with Crippen LogP contribution in [0, 0.1) is 16.7 Å². The van der Waals surface area contributed by atoms with Crippen LogP contribution in [0.3, 0.4) is 0 Å². The molecule has 0 saturated carbocycles. The van der Waals surface area contributed by atoms with Gasteiger partial charge in [-0.25, -0.2) is 0 Å². The summed E-state index contributed by atoms with van der Waals surface area (Å²) in [5, 5.41) is 17.4. The van der Waals surface area contributed by atoms with E-state index in [1.807, 2.05) is 6.07 Å². The highest BCUT2D eigenvalue weighted by molar-refractivity contribution is 5.84. The summed E-state index contributed by atoms with van der Waals surface area (Å²) in [5.74, 6) is -0.230. The first-order valence-corrected chi connectivity index (χ1v) is 4.29. The van der Waals surface area contributed by atoms with Gasteiger partial charge in [0.15, 0.2) is 0 Å². The fraction of sp³-hybridized carbons (Fsp3) is 0.778. The van der Waals surface area contributed by atoms with Crippen LogP contribution in [0.2, 0.25) is 0 Å². The molecule has 1 atom stereocenters. The molecule has 4 nitrogen and oxygen atoms in total. The molecule has 0 saturated heterocycles. The van der Waals surface area contributed by atoms with Crippen molar-refractivity contribution < 1.29 is 9.90 Å². The Labute approximate surface area is 78.8 Å². The average molecular weight is 184 g/mol. The van der Waals surface area contributed by atoms with Crippen LogP contribution in [-0.4, -0.2) is 36.1 Å². The first kappa shape index (κ1) is 11.9. The number of carbonyl (C=O) groups is 1. The molecule has 0 aliphatic heterocycles. The zero-order valence-corrected chi connectivity index (χ0v) is 8.37. The van der Waals surface area contributed by atoms with Crippen LogP contribution in [0.15, 0.2) is 0 Å². The van der Waals surface area contributed by atoms with E-state index in [0.717, 1.165) is 0 Å². The second kappa shape index (κ2) is 4.83. The maximum Gasteiger partial charge on any atom is 0.242 e. The number of nitriles is 1. The van der Waals surface area contributed by atoms with Crippen LogP contribution in [0.5, 0.6) is 0 Å². The number of rotatable bonds is 4. The fourth-order valence-electron chi connectivity index (χ4n) is 0.951. The quantitative estimate of drug-likeness (QED) is 0.686. The molecule has 0 aromatic rings. The minimum Gasteiger partial charge on any atom is -0.395 e. The summed E-state index contributed by atoms with van der Waals surface area (Å²) in [4.78, 5) is 13.0. The van der Waals surface area contributed by atoms with E-state index in [-0.39, 0.29) is 19.1 Å². The van der Waals surface area contributed by atoms with Crippen molar-refractivity contribution in [3.05, 3.63) is 0 Å². The van der Waals surface area contributed by atoms with E-state index in [0.29, 0.717) is 6.42 Å². The van der Waals surface area contributed by atoms with Crippen LogP contribution in [0.4, 0.5) is 0 Å². The third kappa shape index (κ3) is 2.71. The van der Waals surface area contributed by atoms with Crippen molar-refractivity contribution in [3.63, 3.8) is 0 Å². The van der Waals surface area contributed by atoms with Crippen LogP contribution in [0.1, 0.15) is 20.3 Å². The van der Waals surface area contributed by atoms with Gasteiger partial charge in [-0.1, -0.05) is 6.92 Å². The van der Waals surface area contributed by atoms with Crippen molar-refractivity contribution in [1.82, 2.24) is 4.90 Å². The first-order valence-electron chi connectivity index (χ1n) is 4.29. The van der Waals surface area contributed by atoms with E-state index in [4.69, 9.17) is 10.4 Å². The molecule has 0 rings (SSSR count). The van der Waals surface area contributed by atoms with E-state index in [9.17, 15) is 4.79 Å².